The lowest BCUT2D eigenvalue weighted by molar-refractivity contribution is -0.384. The van der Waals surface area contributed by atoms with Gasteiger partial charge in [-0.25, -0.2) is 0 Å². The summed E-state index contributed by atoms with van der Waals surface area (Å²) in [5, 5.41) is 15.0. The van der Waals surface area contributed by atoms with Gasteiger partial charge in [0.15, 0.2) is 0 Å². The van der Waals surface area contributed by atoms with Gasteiger partial charge in [-0.1, -0.05) is 54.6 Å². The number of fused-ring (bicyclic) bond motifs is 4. The van der Waals surface area contributed by atoms with Crippen molar-refractivity contribution < 1.29 is 4.92 Å². The van der Waals surface area contributed by atoms with E-state index in [9.17, 15) is 10.1 Å². The number of hydrogen-bond donors (Lipinski definition) is 0. The minimum absolute atomic E-state index is 0.113. The number of hydrogen-bond acceptors (Lipinski definition) is 2. The van der Waals surface area contributed by atoms with E-state index in [1.165, 1.54) is 16.3 Å². The normalized spacial score (nSPS) is 11.5. The number of para-hydroxylation sites is 3. The fourth-order valence-electron chi connectivity index (χ4n) is 5.38. The first-order valence-corrected chi connectivity index (χ1v) is 12.1. The second kappa shape index (κ2) is 8.21. The average Bonchev–Trinajstić information content (AvgIpc) is 3.52. The summed E-state index contributed by atoms with van der Waals surface area (Å²) in [5.41, 5.74) is 7.15. The highest BCUT2D eigenvalue weighted by atomic mass is 16.6. The maximum absolute atomic E-state index is 11.5. The van der Waals surface area contributed by atoms with E-state index in [1.807, 2.05) is 30.3 Å². The number of nitrogens with zero attached hydrogens (tertiary/aromatic N) is 3. The fraction of sp³-hybridized carbons (Fsp3) is 0. The predicted octanol–water partition coefficient (Wildman–Crippen LogP) is 8.30. The molecule has 0 amide bonds. The Morgan fingerprint density at radius 2 is 1.32 bits per heavy atom. The lowest BCUT2D eigenvalue weighted by Gasteiger charge is -2.09. The zero-order chi connectivity index (χ0) is 24.9. The Bertz CT molecular complexity index is 1970. The molecule has 0 unspecified atom stereocenters. The zero-order valence-electron chi connectivity index (χ0n) is 19.8. The van der Waals surface area contributed by atoms with Gasteiger partial charge in [-0.15, -0.1) is 0 Å². The van der Waals surface area contributed by atoms with Crippen LogP contribution in [0.25, 0.3) is 55.2 Å². The van der Waals surface area contributed by atoms with Gasteiger partial charge < -0.3 is 9.13 Å². The SMILES string of the molecule is O=[N+]([O-])c1ccccc1-c1ccc2c(ccn2-c2ccc3c(c2)c2ccccc2n3-c2ccccc2)c1. The molecule has 2 aromatic heterocycles. The molecule has 37 heavy (non-hydrogen) atoms. The van der Waals surface area contributed by atoms with Crippen LogP contribution in [0.1, 0.15) is 0 Å². The molecule has 0 aliphatic carbocycles. The predicted molar refractivity (Wildman–Crippen MR) is 150 cm³/mol. The second-order valence-corrected chi connectivity index (χ2v) is 9.12. The van der Waals surface area contributed by atoms with Gasteiger partial charge in [0.2, 0.25) is 0 Å². The molecule has 0 bridgehead atoms. The van der Waals surface area contributed by atoms with Crippen LogP contribution < -0.4 is 0 Å². The summed E-state index contributed by atoms with van der Waals surface area (Å²) >= 11 is 0. The topological polar surface area (TPSA) is 53.0 Å². The van der Waals surface area contributed by atoms with Crippen molar-refractivity contribution >= 4 is 38.4 Å². The molecule has 0 N–H and O–H groups in total. The quantitative estimate of drug-likeness (QED) is 0.188. The third-order valence-corrected chi connectivity index (χ3v) is 7.05. The molecular formula is C32H21N3O2. The van der Waals surface area contributed by atoms with Crippen LogP contribution in [0.5, 0.6) is 0 Å². The van der Waals surface area contributed by atoms with Crippen molar-refractivity contribution in [3.8, 4) is 22.5 Å². The molecule has 0 aliphatic heterocycles. The van der Waals surface area contributed by atoms with E-state index in [0.717, 1.165) is 33.4 Å². The highest BCUT2D eigenvalue weighted by Crippen LogP contribution is 2.35. The van der Waals surface area contributed by atoms with Crippen LogP contribution >= 0.6 is 0 Å². The summed E-state index contributed by atoms with van der Waals surface area (Å²) in [6, 6.07) is 40.5. The summed E-state index contributed by atoms with van der Waals surface area (Å²) in [7, 11) is 0. The van der Waals surface area contributed by atoms with Crippen molar-refractivity contribution in [3.63, 3.8) is 0 Å². The van der Waals surface area contributed by atoms with E-state index in [0.29, 0.717) is 5.56 Å². The van der Waals surface area contributed by atoms with Crippen molar-refractivity contribution in [2.24, 2.45) is 0 Å². The van der Waals surface area contributed by atoms with Gasteiger partial charge in [0, 0.05) is 39.8 Å². The smallest absolute Gasteiger partial charge is 0.277 e. The standard InChI is InChI=1S/C32H21N3O2/c36-35(37)32-13-7-4-10-26(32)22-14-16-29-23(20-22)18-19-33(29)25-15-17-31-28(21-25)27-11-5-6-12-30(27)34(31)24-8-2-1-3-9-24/h1-21H. The van der Waals surface area contributed by atoms with Gasteiger partial charge in [-0.2, -0.15) is 0 Å². The third-order valence-electron chi connectivity index (χ3n) is 7.05. The molecule has 5 nitrogen and oxygen atoms in total. The molecule has 0 spiro atoms. The highest BCUT2D eigenvalue weighted by molar-refractivity contribution is 6.10. The van der Waals surface area contributed by atoms with Crippen LogP contribution in [0.2, 0.25) is 0 Å². The lowest BCUT2D eigenvalue weighted by atomic mass is 10.0. The van der Waals surface area contributed by atoms with Crippen LogP contribution in [0.15, 0.2) is 128 Å². The summed E-state index contributed by atoms with van der Waals surface area (Å²) in [5.74, 6) is 0. The van der Waals surface area contributed by atoms with Gasteiger partial charge in [0.25, 0.3) is 5.69 Å². The van der Waals surface area contributed by atoms with Crippen molar-refractivity contribution in [3.05, 3.63) is 138 Å². The van der Waals surface area contributed by atoms with Crippen LogP contribution in [0, 0.1) is 10.1 Å². The molecule has 0 radical (unpaired) electrons. The van der Waals surface area contributed by atoms with Gasteiger partial charge in [-0.3, -0.25) is 10.1 Å². The maximum atomic E-state index is 11.5. The van der Waals surface area contributed by atoms with Crippen LogP contribution in [0.3, 0.4) is 0 Å². The monoisotopic (exact) mass is 479 g/mol. The largest absolute Gasteiger partial charge is 0.317 e. The summed E-state index contributed by atoms with van der Waals surface area (Å²) in [4.78, 5) is 11.2. The molecule has 7 aromatic rings. The summed E-state index contributed by atoms with van der Waals surface area (Å²) < 4.78 is 4.48. The van der Waals surface area contributed by atoms with Crippen LogP contribution in [0.4, 0.5) is 5.69 Å². The molecule has 0 aliphatic rings. The Morgan fingerprint density at radius 1 is 0.595 bits per heavy atom. The Balaban J connectivity index is 1.39. The number of aromatic nitrogens is 2. The van der Waals surface area contributed by atoms with Gasteiger partial charge in [0.05, 0.1) is 27.0 Å². The Kier molecular flexibility index (Phi) is 4.69. The van der Waals surface area contributed by atoms with Crippen molar-refractivity contribution in [2.75, 3.05) is 0 Å². The van der Waals surface area contributed by atoms with Gasteiger partial charge in [0.1, 0.15) is 0 Å². The minimum atomic E-state index is -0.328. The summed E-state index contributed by atoms with van der Waals surface area (Å²) in [6.07, 6.45) is 2.06. The molecule has 7 rings (SSSR count). The summed E-state index contributed by atoms with van der Waals surface area (Å²) in [6.45, 7) is 0. The Hall–Kier alpha value is -5.16. The van der Waals surface area contributed by atoms with Crippen LogP contribution in [-0.4, -0.2) is 14.1 Å². The second-order valence-electron chi connectivity index (χ2n) is 9.12. The van der Waals surface area contributed by atoms with Crippen molar-refractivity contribution in [1.82, 2.24) is 9.13 Å². The number of nitro benzene ring substituents is 1. The van der Waals surface area contributed by atoms with E-state index in [2.05, 4.69) is 88.1 Å². The molecule has 0 saturated carbocycles. The van der Waals surface area contributed by atoms with Gasteiger partial charge >= 0.3 is 0 Å². The lowest BCUT2D eigenvalue weighted by Crippen LogP contribution is -1.95. The van der Waals surface area contributed by atoms with E-state index in [4.69, 9.17) is 0 Å². The van der Waals surface area contributed by atoms with Crippen molar-refractivity contribution in [2.45, 2.75) is 0 Å². The first kappa shape index (κ1) is 21.1. The number of benzene rings is 5. The molecule has 0 fully saturated rings. The van der Waals surface area contributed by atoms with E-state index in [-0.39, 0.29) is 10.6 Å². The number of nitro groups is 1. The Labute approximate surface area is 212 Å². The molecule has 5 heteroatoms. The average molecular weight is 480 g/mol. The Morgan fingerprint density at radius 3 is 2.19 bits per heavy atom. The van der Waals surface area contributed by atoms with Crippen LogP contribution in [-0.2, 0) is 0 Å². The van der Waals surface area contributed by atoms with Gasteiger partial charge in [-0.05, 0) is 66.2 Å². The minimum Gasteiger partial charge on any atom is -0.317 e. The maximum Gasteiger partial charge on any atom is 0.277 e. The molecule has 0 atom stereocenters. The third kappa shape index (κ3) is 3.32. The van der Waals surface area contributed by atoms with E-state index >= 15 is 0 Å². The first-order chi connectivity index (χ1) is 18.2. The fourth-order valence-corrected chi connectivity index (χ4v) is 5.38. The molecule has 0 saturated heterocycles. The van der Waals surface area contributed by atoms with E-state index in [1.54, 1.807) is 18.2 Å². The zero-order valence-corrected chi connectivity index (χ0v) is 19.8. The molecule has 5 aromatic carbocycles. The van der Waals surface area contributed by atoms with Crippen molar-refractivity contribution in [1.29, 1.82) is 0 Å². The first-order valence-electron chi connectivity index (χ1n) is 12.1. The molecule has 176 valence electrons. The van der Waals surface area contributed by atoms with E-state index < -0.39 is 0 Å². The number of rotatable bonds is 4. The highest BCUT2D eigenvalue weighted by Gasteiger charge is 2.16. The molecule has 2 heterocycles. The molecular weight excluding hydrogens is 458 g/mol.